The third kappa shape index (κ3) is 3.82. The van der Waals surface area contributed by atoms with E-state index in [0.29, 0.717) is 5.75 Å². The number of thiophene rings is 1. The summed E-state index contributed by atoms with van der Waals surface area (Å²) in [5.74, 6) is -1.28. The number of rotatable bonds is 5. The molecule has 0 bridgehead atoms. The van der Waals surface area contributed by atoms with Gasteiger partial charge in [0.2, 0.25) is 0 Å². The Bertz CT molecular complexity index is 1190. The Morgan fingerprint density at radius 2 is 2.10 bits per heavy atom. The molecule has 1 unspecified atom stereocenters. The number of methoxy groups -OCH3 is 1. The van der Waals surface area contributed by atoms with Crippen LogP contribution in [0.25, 0.3) is 5.76 Å². The van der Waals surface area contributed by atoms with Crippen molar-refractivity contribution >= 4 is 40.4 Å². The van der Waals surface area contributed by atoms with Gasteiger partial charge in [0.25, 0.3) is 11.7 Å². The highest BCUT2D eigenvalue weighted by atomic mass is 35.5. The molecule has 2 aromatic heterocycles. The first kappa shape index (κ1) is 21.1. The molecule has 1 aliphatic heterocycles. The topological polar surface area (TPSA) is 79.7 Å². The predicted octanol–water partition coefficient (Wildman–Crippen LogP) is 4.74. The summed E-state index contributed by atoms with van der Waals surface area (Å²) in [5, 5.41) is 13.3. The molecule has 8 heteroatoms. The molecule has 0 spiro atoms. The lowest BCUT2D eigenvalue weighted by atomic mass is 9.98. The number of benzene rings is 1. The zero-order valence-corrected chi connectivity index (χ0v) is 18.4. The number of carbonyl (C=O) groups excluding carboxylic acids is 2. The molecule has 3 heterocycles. The number of amides is 1. The highest BCUT2D eigenvalue weighted by molar-refractivity contribution is 7.10. The number of carbonyl (C=O) groups is 2. The van der Waals surface area contributed by atoms with Gasteiger partial charge in [0.1, 0.15) is 17.6 Å². The summed E-state index contributed by atoms with van der Waals surface area (Å²) >= 11 is 7.74. The van der Waals surface area contributed by atoms with Crippen molar-refractivity contribution < 1.29 is 19.4 Å². The average Bonchev–Trinajstić information content (AvgIpc) is 3.30. The van der Waals surface area contributed by atoms with E-state index in [9.17, 15) is 14.7 Å². The van der Waals surface area contributed by atoms with E-state index in [1.54, 1.807) is 36.7 Å². The summed E-state index contributed by atoms with van der Waals surface area (Å²) in [6.45, 7) is 2.09. The molecule has 1 amide bonds. The number of likely N-dealkylation sites (tertiary alicyclic amines) is 1. The Hall–Kier alpha value is -3.16. The number of hydrogen-bond acceptors (Lipinski definition) is 6. The van der Waals surface area contributed by atoms with E-state index in [0.717, 1.165) is 16.0 Å². The van der Waals surface area contributed by atoms with Gasteiger partial charge in [0.15, 0.2) is 0 Å². The van der Waals surface area contributed by atoms with Gasteiger partial charge in [0, 0.05) is 29.4 Å². The Morgan fingerprint density at radius 3 is 2.74 bits per heavy atom. The average molecular weight is 455 g/mol. The fraction of sp³-hybridized carbons (Fsp3) is 0.174. The number of nitrogens with zero attached hydrogens (tertiary/aromatic N) is 2. The SMILES string of the molecule is COc1ccc(Cl)c(/C(O)=C2\C(=O)C(=O)N(Cc3cccnc3)C2c2sccc2C)c1. The van der Waals surface area contributed by atoms with Crippen molar-refractivity contribution in [1.82, 2.24) is 9.88 Å². The number of Topliss-reactive ketones (excluding diaryl/α,β-unsaturated/α-hetero) is 1. The maximum Gasteiger partial charge on any atom is 0.295 e. The summed E-state index contributed by atoms with van der Waals surface area (Å²) in [6, 6.07) is 9.57. The summed E-state index contributed by atoms with van der Waals surface area (Å²) in [7, 11) is 1.49. The van der Waals surface area contributed by atoms with Crippen LogP contribution in [0.5, 0.6) is 5.75 Å². The zero-order valence-electron chi connectivity index (χ0n) is 16.8. The van der Waals surface area contributed by atoms with Crippen LogP contribution in [0.15, 0.2) is 59.7 Å². The lowest BCUT2D eigenvalue weighted by molar-refractivity contribution is -0.140. The van der Waals surface area contributed by atoms with Crippen LogP contribution in [0.4, 0.5) is 0 Å². The Kier molecular flexibility index (Phi) is 5.80. The fourth-order valence-corrected chi connectivity index (χ4v) is 4.88. The van der Waals surface area contributed by atoms with Crippen molar-refractivity contribution in [2.45, 2.75) is 19.5 Å². The van der Waals surface area contributed by atoms with Crippen LogP contribution >= 0.6 is 22.9 Å². The standard InChI is InChI=1S/C23H19ClN2O4S/c1-13-7-9-31-22(13)19-18(20(27)16-10-15(30-2)5-6-17(16)24)21(28)23(29)26(19)12-14-4-3-8-25-11-14/h3-11,19,27H,12H2,1-2H3/b20-18+. The van der Waals surface area contributed by atoms with Crippen molar-refractivity contribution in [3.05, 3.63) is 86.3 Å². The molecule has 4 rings (SSSR count). The van der Waals surface area contributed by atoms with Gasteiger partial charge in [-0.1, -0.05) is 17.7 Å². The lowest BCUT2D eigenvalue weighted by Crippen LogP contribution is -2.29. The van der Waals surface area contributed by atoms with Crippen LogP contribution in [-0.4, -0.2) is 33.8 Å². The lowest BCUT2D eigenvalue weighted by Gasteiger charge is -2.25. The molecule has 1 saturated heterocycles. The van der Waals surface area contributed by atoms with E-state index in [-0.39, 0.29) is 28.5 Å². The number of aliphatic hydroxyl groups is 1. The van der Waals surface area contributed by atoms with Crippen LogP contribution in [0.3, 0.4) is 0 Å². The predicted molar refractivity (Wildman–Crippen MR) is 119 cm³/mol. The van der Waals surface area contributed by atoms with Crippen LogP contribution in [0.1, 0.15) is 27.6 Å². The van der Waals surface area contributed by atoms with Gasteiger partial charge in [-0.3, -0.25) is 14.6 Å². The van der Waals surface area contributed by atoms with Gasteiger partial charge < -0.3 is 14.7 Å². The van der Waals surface area contributed by atoms with E-state index in [1.807, 2.05) is 24.4 Å². The van der Waals surface area contributed by atoms with Gasteiger partial charge in [-0.2, -0.15) is 0 Å². The minimum Gasteiger partial charge on any atom is -0.507 e. The van der Waals surface area contributed by atoms with Crippen molar-refractivity contribution in [3.8, 4) is 5.75 Å². The number of hydrogen-bond donors (Lipinski definition) is 1. The molecule has 158 valence electrons. The molecule has 1 fully saturated rings. The molecule has 0 aliphatic carbocycles. The maximum atomic E-state index is 13.1. The first-order valence-corrected chi connectivity index (χ1v) is 10.7. The summed E-state index contributed by atoms with van der Waals surface area (Å²) < 4.78 is 5.23. The van der Waals surface area contributed by atoms with Gasteiger partial charge in [-0.15, -0.1) is 11.3 Å². The Morgan fingerprint density at radius 1 is 1.29 bits per heavy atom. The highest BCUT2D eigenvalue weighted by Gasteiger charge is 2.47. The first-order valence-electron chi connectivity index (χ1n) is 9.47. The van der Waals surface area contributed by atoms with E-state index < -0.39 is 17.7 Å². The molecular formula is C23H19ClN2O4S. The molecule has 1 aromatic carbocycles. The van der Waals surface area contributed by atoms with Crippen molar-refractivity contribution in [2.75, 3.05) is 7.11 Å². The molecule has 3 aromatic rings. The summed E-state index contributed by atoms with van der Waals surface area (Å²) in [5.41, 5.74) is 1.95. The van der Waals surface area contributed by atoms with Gasteiger partial charge in [-0.25, -0.2) is 0 Å². The normalized spacial score (nSPS) is 17.9. The Balaban J connectivity index is 1.90. The third-order valence-electron chi connectivity index (χ3n) is 5.19. The van der Waals surface area contributed by atoms with Gasteiger partial charge >= 0.3 is 0 Å². The molecular weight excluding hydrogens is 436 g/mol. The molecule has 31 heavy (non-hydrogen) atoms. The van der Waals surface area contributed by atoms with Crippen molar-refractivity contribution in [2.24, 2.45) is 0 Å². The van der Waals surface area contributed by atoms with Gasteiger partial charge in [0.05, 0.1) is 17.7 Å². The first-order chi connectivity index (χ1) is 14.9. The van der Waals surface area contributed by atoms with Crippen molar-refractivity contribution in [3.63, 3.8) is 0 Å². The maximum absolute atomic E-state index is 13.1. The zero-order chi connectivity index (χ0) is 22.1. The second-order valence-electron chi connectivity index (χ2n) is 7.10. The number of aliphatic hydroxyl groups excluding tert-OH is 1. The number of pyridine rings is 1. The minimum atomic E-state index is -0.752. The van der Waals surface area contributed by atoms with Crippen LogP contribution < -0.4 is 4.74 Å². The molecule has 0 radical (unpaired) electrons. The van der Waals surface area contributed by atoms with Gasteiger partial charge in [-0.05, 0) is 53.8 Å². The quantitative estimate of drug-likeness (QED) is 0.342. The molecule has 1 N–H and O–H groups in total. The summed E-state index contributed by atoms with van der Waals surface area (Å²) in [4.78, 5) is 32.5. The third-order valence-corrected chi connectivity index (χ3v) is 6.60. The van der Waals surface area contributed by atoms with Crippen LogP contribution in [0.2, 0.25) is 5.02 Å². The fourth-order valence-electron chi connectivity index (χ4n) is 3.63. The van der Waals surface area contributed by atoms with E-state index >= 15 is 0 Å². The molecule has 0 saturated carbocycles. The largest absolute Gasteiger partial charge is 0.507 e. The van der Waals surface area contributed by atoms with E-state index in [4.69, 9.17) is 16.3 Å². The number of aromatic nitrogens is 1. The second kappa shape index (κ2) is 8.53. The van der Waals surface area contributed by atoms with Crippen LogP contribution in [0, 0.1) is 6.92 Å². The van der Waals surface area contributed by atoms with Crippen molar-refractivity contribution in [1.29, 1.82) is 0 Å². The summed E-state index contributed by atoms with van der Waals surface area (Å²) in [6.07, 6.45) is 3.29. The van der Waals surface area contributed by atoms with E-state index in [2.05, 4.69) is 4.98 Å². The Labute approximate surface area is 188 Å². The molecule has 1 atom stereocenters. The number of halogens is 1. The minimum absolute atomic E-state index is 0.00888. The molecule has 6 nitrogen and oxygen atoms in total. The van der Waals surface area contributed by atoms with E-state index in [1.165, 1.54) is 23.3 Å². The number of aryl methyl sites for hydroxylation is 1. The number of ketones is 1. The monoisotopic (exact) mass is 454 g/mol. The highest BCUT2D eigenvalue weighted by Crippen LogP contribution is 2.44. The van der Waals surface area contributed by atoms with Crippen LogP contribution in [-0.2, 0) is 16.1 Å². The molecule has 1 aliphatic rings. The number of ether oxygens (including phenoxy) is 1. The second-order valence-corrected chi connectivity index (χ2v) is 8.46. The smallest absolute Gasteiger partial charge is 0.295 e.